The predicted molar refractivity (Wildman–Crippen MR) is 103 cm³/mol. The molecule has 0 saturated heterocycles. The van der Waals surface area contributed by atoms with Crippen LogP contribution in [0.25, 0.3) is 11.3 Å². The highest BCUT2D eigenvalue weighted by atomic mass is 16.6. The highest BCUT2D eigenvalue weighted by molar-refractivity contribution is 5.92. The molecular weight excluding hydrogens is 376 g/mol. The zero-order chi connectivity index (χ0) is 19.6. The number of aromatic nitrogens is 1. The van der Waals surface area contributed by atoms with E-state index >= 15 is 0 Å². The van der Waals surface area contributed by atoms with E-state index in [0.717, 1.165) is 5.56 Å². The third kappa shape index (κ3) is 3.69. The van der Waals surface area contributed by atoms with Gasteiger partial charge in [0.1, 0.15) is 26.4 Å². The van der Waals surface area contributed by atoms with Gasteiger partial charge in [0.25, 0.3) is 0 Å². The minimum atomic E-state index is -0.205. The van der Waals surface area contributed by atoms with Gasteiger partial charge in [-0.3, -0.25) is 4.79 Å². The maximum absolute atomic E-state index is 12.4. The zero-order valence-electron chi connectivity index (χ0n) is 15.5. The van der Waals surface area contributed by atoms with E-state index in [0.29, 0.717) is 66.6 Å². The Morgan fingerprint density at radius 1 is 0.828 bits per heavy atom. The summed E-state index contributed by atoms with van der Waals surface area (Å²) in [4.78, 5) is 12.4. The van der Waals surface area contributed by atoms with Crippen molar-refractivity contribution in [2.75, 3.05) is 31.7 Å². The molecule has 0 bridgehead atoms. The van der Waals surface area contributed by atoms with E-state index in [4.69, 9.17) is 23.5 Å². The number of amides is 1. The number of rotatable bonds is 4. The minimum Gasteiger partial charge on any atom is -0.486 e. The van der Waals surface area contributed by atoms with Crippen molar-refractivity contribution < 1.29 is 28.3 Å². The first-order valence-electron chi connectivity index (χ1n) is 9.30. The lowest BCUT2D eigenvalue weighted by atomic mass is 10.1. The first-order chi connectivity index (χ1) is 14.2. The fraction of sp³-hybridized carbons (Fsp3) is 0.238. The predicted octanol–water partition coefficient (Wildman–Crippen LogP) is 3.07. The van der Waals surface area contributed by atoms with Gasteiger partial charge in [-0.25, -0.2) is 0 Å². The van der Waals surface area contributed by atoms with Gasteiger partial charge in [0.2, 0.25) is 5.91 Å². The Balaban J connectivity index is 1.26. The highest BCUT2D eigenvalue weighted by Gasteiger charge is 2.17. The van der Waals surface area contributed by atoms with Crippen molar-refractivity contribution >= 4 is 11.6 Å². The fourth-order valence-electron chi connectivity index (χ4n) is 3.22. The topological polar surface area (TPSA) is 92.1 Å². The second-order valence-corrected chi connectivity index (χ2v) is 6.62. The Bertz CT molecular complexity index is 1060. The molecule has 1 amide bonds. The molecule has 2 aliphatic rings. The Morgan fingerprint density at radius 2 is 1.48 bits per heavy atom. The molecule has 0 unspecified atom stereocenters. The number of fused-ring (bicyclic) bond motifs is 2. The smallest absolute Gasteiger partial charge is 0.230 e. The van der Waals surface area contributed by atoms with Crippen LogP contribution in [0.15, 0.2) is 47.0 Å². The number of hydrogen-bond donors (Lipinski definition) is 1. The summed E-state index contributed by atoms with van der Waals surface area (Å²) in [6, 6.07) is 12.6. The molecule has 0 saturated carbocycles. The van der Waals surface area contributed by atoms with E-state index in [1.165, 1.54) is 0 Å². The van der Waals surface area contributed by atoms with E-state index < -0.39 is 0 Å². The van der Waals surface area contributed by atoms with Crippen molar-refractivity contribution in [2.45, 2.75) is 6.42 Å². The van der Waals surface area contributed by atoms with Crippen LogP contribution in [0.1, 0.15) is 5.69 Å². The summed E-state index contributed by atoms with van der Waals surface area (Å²) in [6.07, 6.45) is 0.0858. The fourth-order valence-corrected chi connectivity index (χ4v) is 3.22. The molecule has 8 heteroatoms. The average Bonchev–Trinajstić information content (AvgIpc) is 3.21. The molecule has 2 aromatic carbocycles. The standard InChI is InChI=1S/C21H18N2O6/c24-21(22-14-2-4-17-20(10-14)28-8-6-26-17)12-15-11-18(29-23-15)13-1-3-16-19(9-13)27-7-5-25-16/h1-4,9-11H,5-8,12H2,(H,22,24). The van der Waals surface area contributed by atoms with Crippen molar-refractivity contribution in [1.82, 2.24) is 5.16 Å². The lowest BCUT2D eigenvalue weighted by molar-refractivity contribution is -0.115. The van der Waals surface area contributed by atoms with Crippen molar-refractivity contribution in [3.05, 3.63) is 48.2 Å². The molecule has 0 fully saturated rings. The first-order valence-corrected chi connectivity index (χ1v) is 9.30. The van der Waals surface area contributed by atoms with Gasteiger partial charge in [0.05, 0.1) is 12.1 Å². The largest absolute Gasteiger partial charge is 0.486 e. The Kier molecular flexibility index (Phi) is 4.44. The molecule has 148 valence electrons. The summed E-state index contributed by atoms with van der Waals surface area (Å²) in [5.41, 5.74) is 1.97. The summed E-state index contributed by atoms with van der Waals surface area (Å²) in [5, 5.41) is 6.84. The van der Waals surface area contributed by atoms with Crippen molar-refractivity contribution in [2.24, 2.45) is 0 Å². The summed E-state index contributed by atoms with van der Waals surface area (Å²) in [6.45, 7) is 2.07. The number of nitrogens with zero attached hydrogens (tertiary/aromatic N) is 1. The van der Waals surface area contributed by atoms with Crippen LogP contribution in [-0.2, 0) is 11.2 Å². The number of hydrogen-bond acceptors (Lipinski definition) is 7. The van der Waals surface area contributed by atoms with E-state index in [1.807, 2.05) is 18.2 Å². The lowest BCUT2D eigenvalue weighted by Gasteiger charge is -2.18. The second kappa shape index (κ2) is 7.38. The molecule has 3 heterocycles. The molecule has 3 aromatic rings. The number of benzene rings is 2. The molecule has 0 aliphatic carbocycles. The van der Waals surface area contributed by atoms with Crippen LogP contribution in [0.3, 0.4) is 0 Å². The van der Waals surface area contributed by atoms with Crippen LogP contribution >= 0.6 is 0 Å². The quantitative estimate of drug-likeness (QED) is 0.727. The summed E-state index contributed by atoms with van der Waals surface area (Å²) >= 11 is 0. The molecule has 0 spiro atoms. The van der Waals surface area contributed by atoms with Crippen molar-refractivity contribution in [1.29, 1.82) is 0 Å². The molecule has 8 nitrogen and oxygen atoms in total. The first kappa shape index (κ1) is 17.4. The van der Waals surface area contributed by atoms with Crippen LogP contribution in [0.4, 0.5) is 5.69 Å². The van der Waals surface area contributed by atoms with Gasteiger partial charge < -0.3 is 28.8 Å². The van der Waals surface area contributed by atoms with E-state index in [9.17, 15) is 4.79 Å². The molecule has 5 rings (SSSR count). The zero-order valence-corrected chi connectivity index (χ0v) is 15.5. The average molecular weight is 394 g/mol. The van der Waals surface area contributed by atoms with E-state index in [2.05, 4.69) is 10.5 Å². The normalized spacial score (nSPS) is 14.3. The number of anilines is 1. The SMILES string of the molecule is O=C(Cc1cc(-c2ccc3c(c2)OCCO3)on1)Nc1ccc2c(c1)OCCO2. The maximum Gasteiger partial charge on any atom is 0.230 e. The lowest BCUT2D eigenvalue weighted by Crippen LogP contribution is -2.17. The van der Waals surface area contributed by atoms with Crippen LogP contribution in [0, 0.1) is 0 Å². The number of ether oxygens (including phenoxy) is 4. The molecule has 1 N–H and O–H groups in total. The third-order valence-corrected chi connectivity index (χ3v) is 4.55. The van der Waals surface area contributed by atoms with Gasteiger partial charge in [-0.05, 0) is 30.3 Å². The minimum absolute atomic E-state index is 0.0858. The van der Waals surface area contributed by atoms with Gasteiger partial charge in [-0.15, -0.1) is 0 Å². The van der Waals surface area contributed by atoms with Gasteiger partial charge >= 0.3 is 0 Å². The summed E-state index contributed by atoms with van der Waals surface area (Å²) in [7, 11) is 0. The molecule has 0 radical (unpaired) electrons. The van der Waals surface area contributed by atoms with Crippen LogP contribution in [0.5, 0.6) is 23.0 Å². The van der Waals surface area contributed by atoms with Gasteiger partial charge in [-0.1, -0.05) is 5.16 Å². The molecule has 1 aromatic heterocycles. The third-order valence-electron chi connectivity index (χ3n) is 4.55. The van der Waals surface area contributed by atoms with Crippen LogP contribution in [0.2, 0.25) is 0 Å². The Labute approximate surface area is 166 Å². The van der Waals surface area contributed by atoms with E-state index in [1.54, 1.807) is 24.3 Å². The van der Waals surface area contributed by atoms with Crippen LogP contribution in [-0.4, -0.2) is 37.5 Å². The molecule has 0 atom stereocenters. The van der Waals surface area contributed by atoms with Crippen molar-refractivity contribution in [3.63, 3.8) is 0 Å². The number of carbonyl (C=O) groups is 1. The molecular formula is C21H18N2O6. The number of nitrogens with one attached hydrogen (secondary N) is 1. The summed E-state index contributed by atoms with van der Waals surface area (Å²) in [5.74, 6) is 3.03. The van der Waals surface area contributed by atoms with Gasteiger partial charge in [0, 0.05) is 23.4 Å². The Hall–Kier alpha value is -3.68. The monoisotopic (exact) mass is 394 g/mol. The second-order valence-electron chi connectivity index (χ2n) is 6.62. The van der Waals surface area contributed by atoms with Gasteiger partial charge in [0.15, 0.2) is 28.8 Å². The van der Waals surface area contributed by atoms with Gasteiger partial charge in [-0.2, -0.15) is 0 Å². The van der Waals surface area contributed by atoms with Crippen LogP contribution < -0.4 is 24.3 Å². The molecule has 29 heavy (non-hydrogen) atoms. The Morgan fingerprint density at radius 3 is 2.24 bits per heavy atom. The maximum atomic E-state index is 12.4. The highest BCUT2D eigenvalue weighted by Crippen LogP contribution is 2.35. The van der Waals surface area contributed by atoms with E-state index in [-0.39, 0.29) is 12.3 Å². The molecule has 2 aliphatic heterocycles. The number of carbonyl (C=O) groups excluding carboxylic acids is 1. The van der Waals surface area contributed by atoms with Crippen molar-refractivity contribution in [3.8, 4) is 34.3 Å². The summed E-state index contributed by atoms with van der Waals surface area (Å²) < 4.78 is 27.5.